The van der Waals surface area contributed by atoms with Gasteiger partial charge in [-0.3, -0.25) is 56.0 Å². The number of nitrogens with one attached hydrogen (secondary N) is 3. The monoisotopic (exact) mass is 1250 g/mol. The van der Waals surface area contributed by atoms with E-state index in [9.17, 15) is 46.5 Å². The summed E-state index contributed by atoms with van der Waals surface area (Å²) in [6.45, 7) is 2.35. The molecule has 0 atom stereocenters. The zero-order valence-corrected chi connectivity index (χ0v) is 48.2. The number of rotatable bonds is 21. The van der Waals surface area contributed by atoms with E-state index < -0.39 is 79.9 Å². The molecule has 19 nitrogen and oxygen atoms in total. The average Bonchev–Trinajstić information content (AvgIpc) is 3.25. The lowest BCUT2D eigenvalue weighted by atomic mass is 10.1. The molecule has 0 unspecified atom stereocenters. The lowest BCUT2D eigenvalue weighted by Crippen LogP contribution is -2.24. The summed E-state index contributed by atoms with van der Waals surface area (Å²) >= 11 is 18.7. The summed E-state index contributed by atoms with van der Waals surface area (Å²) < 4.78 is 93.4. The lowest BCUT2D eigenvalue weighted by Gasteiger charge is -2.20. The Morgan fingerprint density at radius 3 is 0.942 bits per heavy atom. The number of hydrogen-bond acceptors (Lipinski definition) is 13. The Kier molecular flexibility index (Phi) is 19.1. The lowest BCUT2D eigenvalue weighted by molar-refractivity contribution is 0.0516. The number of ether oxygens (including phenoxy) is 3. The Hall–Kier alpha value is -9.25. The molecule has 9 rings (SSSR count). The van der Waals surface area contributed by atoms with Crippen LogP contribution in [0.3, 0.4) is 0 Å². The fourth-order valence-electron chi connectivity index (χ4n) is 8.02. The van der Waals surface area contributed by atoms with Crippen molar-refractivity contribution in [3.05, 3.63) is 261 Å². The Balaban J connectivity index is 0.910. The number of phosphoric ester groups is 1. The van der Waals surface area contributed by atoms with Crippen molar-refractivity contribution in [3.8, 4) is 34.5 Å². The molecular formula is C60H45Cl3F3N6O13P. The standard InChI is InChI=1S/C60H45Cl3F3N6O13P/c1-34-22-40(64)7-13-49(34)83-52-25-37(61)4-10-46(52)58(76)67-43-16-19-70(55(73)28-43)31-80-86(79,81-32-71-20-17-44(29-56(71)74)68-59(77)47-11-5-38(62)26-53(47)84-50-14-8-41(65)23-35(50)2)82-33-72-21-18-45(30-57(72)75)69-60(78)48-12-6-39(63)27-54(48)85-51-15-9-42(66)24-36(51)3/h4-30H,31-33H2,1-3H3,(H,67,76)(H,68,77)(H,69,78). The quantitative estimate of drug-likeness (QED) is 0.0570. The number of halogens is 6. The van der Waals surface area contributed by atoms with Crippen LogP contribution in [0.1, 0.15) is 47.8 Å². The molecule has 0 aliphatic heterocycles. The summed E-state index contributed by atoms with van der Waals surface area (Å²) in [4.78, 5) is 81.2. The second kappa shape index (κ2) is 26.8. The number of aromatic nitrogens is 3. The first-order chi connectivity index (χ1) is 41.0. The van der Waals surface area contributed by atoms with E-state index in [0.29, 0.717) is 16.7 Å². The van der Waals surface area contributed by atoms with E-state index in [1.807, 2.05) is 0 Å². The summed E-state index contributed by atoms with van der Waals surface area (Å²) in [6.07, 6.45) is 3.55. The van der Waals surface area contributed by atoms with Crippen LogP contribution in [0.2, 0.25) is 15.1 Å². The van der Waals surface area contributed by atoms with Crippen molar-refractivity contribution in [1.82, 2.24) is 13.7 Å². The number of carbonyl (C=O) groups excluding carboxylic acids is 3. The van der Waals surface area contributed by atoms with Gasteiger partial charge in [0.1, 0.15) is 72.1 Å². The van der Waals surface area contributed by atoms with Crippen LogP contribution in [-0.4, -0.2) is 31.4 Å². The fraction of sp³-hybridized carbons (Fsp3) is 0.100. The molecule has 3 heterocycles. The number of benzene rings is 6. The van der Waals surface area contributed by atoms with Gasteiger partial charge in [0.15, 0.2) is 0 Å². The molecule has 440 valence electrons. The molecule has 0 aliphatic carbocycles. The van der Waals surface area contributed by atoms with Gasteiger partial charge >= 0.3 is 7.82 Å². The summed E-state index contributed by atoms with van der Waals surface area (Å²) in [6, 6.07) is 31.2. The van der Waals surface area contributed by atoms with E-state index in [1.165, 1.54) is 146 Å². The van der Waals surface area contributed by atoms with Gasteiger partial charge in [0, 0.05) is 87.1 Å². The molecule has 0 radical (unpaired) electrons. The molecule has 0 aliphatic rings. The number of anilines is 3. The van der Waals surface area contributed by atoms with Crippen molar-refractivity contribution in [2.24, 2.45) is 0 Å². The van der Waals surface area contributed by atoms with Gasteiger partial charge in [-0.2, -0.15) is 0 Å². The maximum Gasteiger partial charge on any atom is 0.480 e. The van der Waals surface area contributed by atoms with Crippen molar-refractivity contribution in [3.63, 3.8) is 0 Å². The highest BCUT2D eigenvalue weighted by Gasteiger charge is 2.29. The van der Waals surface area contributed by atoms with Crippen molar-refractivity contribution < 1.29 is 59.9 Å². The van der Waals surface area contributed by atoms with Gasteiger partial charge in [-0.15, -0.1) is 0 Å². The Labute approximate surface area is 501 Å². The van der Waals surface area contributed by atoms with Crippen molar-refractivity contribution in [1.29, 1.82) is 0 Å². The number of aryl methyl sites for hydroxylation is 3. The minimum Gasteiger partial charge on any atom is -0.456 e. The molecular weight excluding hydrogens is 1210 g/mol. The SMILES string of the molecule is Cc1cc(F)ccc1Oc1cc(Cl)ccc1C(=O)Nc1ccn(COP(=O)(OCn2ccc(NC(=O)c3ccc(Cl)cc3Oc3ccc(F)cc3C)cc2=O)OCn2ccc(NC(=O)c3ccc(Cl)cc3Oc3ccc(F)cc3C)cc2=O)c(=O)c1. The highest BCUT2D eigenvalue weighted by atomic mass is 35.5. The molecule has 3 N–H and O–H groups in total. The largest absolute Gasteiger partial charge is 0.480 e. The maximum atomic E-state index is 14.5. The zero-order chi connectivity index (χ0) is 61.4. The highest BCUT2D eigenvalue weighted by molar-refractivity contribution is 7.48. The number of hydrogen-bond donors (Lipinski definition) is 3. The second-order valence-electron chi connectivity index (χ2n) is 18.7. The minimum atomic E-state index is -4.96. The Bertz CT molecular complexity index is 3940. The first-order valence-corrected chi connectivity index (χ1v) is 27.9. The molecule has 0 fully saturated rings. The third kappa shape index (κ3) is 15.5. The van der Waals surface area contributed by atoms with E-state index >= 15 is 0 Å². The average molecular weight is 1250 g/mol. The van der Waals surface area contributed by atoms with Crippen LogP contribution in [0.25, 0.3) is 0 Å². The van der Waals surface area contributed by atoms with Crippen molar-refractivity contribution in [2.75, 3.05) is 16.0 Å². The van der Waals surface area contributed by atoms with E-state index in [2.05, 4.69) is 16.0 Å². The number of amides is 3. The summed E-state index contributed by atoms with van der Waals surface area (Å²) in [5.74, 6) is -2.79. The van der Waals surface area contributed by atoms with Crippen LogP contribution in [0, 0.1) is 38.2 Å². The third-order valence-corrected chi connectivity index (χ3v) is 14.5. The van der Waals surface area contributed by atoms with E-state index in [0.717, 1.165) is 31.9 Å². The summed E-state index contributed by atoms with van der Waals surface area (Å²) in [5.41, 5.74) is -1.02. The number of carbonyl (C=O) groups is 3. The van der Waals surface area contributed by atoms with Gasteiger partial charge in [0.05, 0.1) is 16.7 Å². The molecule has 0 saturated heterocycles. The fourth-order valence-corrected chi connectivity index (χ4v) is 9.53. The van der Waals surface area contributed by atoms with Gasteiger partial charge in [0.25, 0.3) is 34.4 Å². The number of phosphoric acid groups is 1. The Morgan fingerprint density at radius 2 is 0.686 bits per heavy atom. The molecule has 9 aromatic rings. The van der Waals surface area contributed by atoms with Crippen LogP contribution in [-0.2, 0) is 38.3 Å². The molecule has 3 aromatic heterocycles. The van der Waals surface area contributed by atoms with Gasteiger partial charge < -0.3 is 30.2 Å². The molecule has 0 spiro atoms. The van der Waals surface area contributed by atoms with Gasteiger partial charge in [-0.25, -0.2) is 17.7 Å². The number of nitrogens with zero attached hydrogens (tertiary/aromatic N) is 3. The summed E-state index contributed by atoms with van der Waals surface area (Å²) in [5, 5.41) is 8.50. The molecule has 86 heavy (non-hydrogen) atoms. The molecule has 0 bridgehead atoms. The van der Waals surface area contributed by atoms with Gasteiger partial charge in [0.2, 0.25) is 0 Å². The minimum absolute atomic E-state index is 0.00576. The van der Waals surface area contributed by atoms with E-state index in [1.54, 1.807) is 20.8 Å². The first kappa shape index (κ1) is 61.3. The van der Waals surface area contributed by atoms with Crippen LogP contribution in [0.4, 0.5) is 30.2 Å². The smallest absolute Gasteiger partial charge is 0.456 e. The second-order valence-corrected chi connectivity index (χ2v) is 21.7. The van der Waals surface area contributed by atoms with Crippen LogP contribution < -0.4 is 46.8 Å². The first-order valence-electron chi connectivity index (χ1n) is 25.4. The van der Waals surface area contributed by atoms with Gasteiger partial charge in [-0.1, -0.05) is 34.8 Å². The van der Waals surface area contributed by atoms with E-state index in [4.69, 9.17) is 62.6 Å². The molecule has 3 amide bonds. The zero-order valence-electron chi connectivity index (χ0n) is 45.1. The molecule has 0 saturated carbocycles. The predicted molar refractivity (Wildman–Crippen MR) is 315 cm³/mol. The normalized spacial score (nSPS) is 11.2. The third-order valence-electron chi connectivity index (χ3n) is 12.5. The molecule has 6 aromatic carbocycles. The van der Waals surface area contributed by atoms with Crippen molar-refractivity contribution in [2.45, 2.75) is 41.0 Å². The van der Waals surface area contributed by atoms with Crippen LogP contribution in [0.15, 0.2) is 179 Å². The van der Waals surface area contributed by atoms with E-state index in [-0.39, 0.29) is 83.3 Å². The maximum absolute atomic E-state index is 14.5. The van der Waals surface area contributed by atoms with Crippen LogP contribution in [0.5, 0.6) is 34.5 Å². The predicted octanol–water partition coefficient (Wildman–Crippen LogP) is 14.0. The summed E-state index contributed by atoms with van der Waals surface area (Å²) in [7, 11) is -4.96. The molecule has 26 heteroatoms. The van der Waals surface area contributed by atoms with Crippen molar-refractivity contribution >= 4 is 77.4 Å². The Morgan fingerprint density at radius 1 is 0.407 bits per heavy atom. The van der Waals surface area contributed by atoms with Crippen LogP contribution >= 0.6 is 42.6 Å². The number of pyridine rings is 3. The topological polar surface area (TPSA) is 226 Å². The van der Waals surface area contributed by atoms with Gasteiger partial charge in [-0.05, 0) is 147 Å². The highest BCUT2D eigenvalue weighted by Crippen LogP contribution is 2.50.